The summed E-state index contributed by atoms with van der Waals surface area (Å²) in [6, 6.07) is 32.4. The van der Waals surface area contributed by atoms with Crippen molar-refractivity contribution in [3.8, 4) is 0 Å². The minimum absolute atomic E-state index is 0.574. The summed E-state index contributed by atoms with van der Waals surface area (Å²) in [6.45, 7) is 0. The Kier molecular flexibility index (Phi) is 4.95. The fourth-order valence-electron chi connectivity index (χ4n) is 6.88. The van der Waals surface area contributed by atoms with Crippen molar-refractivity contribution in [2.45, 2.75) is 0 Å². The van der Waals surface area contributed by atoms with Crippen molar-refractivity contribution in [3.05, 3.63) is 130 Å². The average Bonchev–Trinajstić information content (AvgIpc) is 3.80. The van der Waals surface area contributed by atoms with Gasteiger partial charge in [-0.15, -0.1) is 0 Å². The predicted molar refractivity (Wildman–Crippen MR) is 175 cm³/mol. The monoisotopic (exact) mass is 648 g/mol. The number of benzene rings is 4. The second-order valence-electron chi connectivity index (χ2n) is 11.1. The van der Waals surface area contributed by atoms with Crippen LogP contribution in [0.1, 0.15) is 22.3 Å². The molecule has 0 aliphatic carbocycles. The van der Waals surface area contributed by atoms with Crippen LogP contribution in [0.4, 0.5) is 11.6 Å². The molecule has 4 aromatic carbocycles. The van der Waals surface area contributed by atoms with E-state index in [1.165, 1.54) is 0 Å². The Morgan fingerprint density at radius 1 is 0.422 bits per heavy atom. The van der Waals surface area contributed by atoms with Crippen LogP contribution in [-0.4, -0.2) is 59.0 Å². The molecule has 214 valence electrons. The van der Waals surface area contributed by atoms with Gasteiger partial charge in [0.2, 0.25) is 0 Å². The molecular weight excluding hydrogens is 625 g/mol. The molecule has 6 bridgehead atoms. The molecule has 10 nitrogen and oxygen atoms in total. The first kappa shape index (κ1) is 25.1. The minimum atomic E-state index is -4.60. The third-order valence-electron chi connectivity index (χ3n) is 8.85. The molecule has 10 rings (SSSR count). The molecule has 4 aliphatic rings. The van der Waals surface area contributed by atoms with E-state index in [1.807, 2.05) is 72.8 Å². The van der Waals surface area contributed by atoms with E-state index in [9.17, 15) is 0 Å². The van der Waals surface area contributed by atoms with Gasteiger partial charge in [0, 0.05) is 0 Å². The summed E-state index contributed by atoms with van der Waals surface area (Å²) in [5.74, 6) is 3.59. The number of aliphatic imine (C=N–C) groups is 4. The van der Waals surface area contributed by atoms with Crippen LogP contribution >= 0.6 is 0 Å². The third-order valence-corrected chi connectivity index (χ3v) is 15.2. The van der Waals surface area contributed by atoms with Gasteiger partial charge in [0.1, 0.15) is 0 Å². The van der Waals surface area contributed by atoms with E-state index in [0.29, 0.717) is 46.0 Å². The van der Waals surface area contributed by atoms with Gasteiger partial charge in [-0.1, -0.05) is 0 Å². The molecule has 45 heavy (non-hydrogen) atoms. The second kappa shape index (κ2) is 8.88. The van der Waals surface area contributed by atoms with E-state index in [2.05, 4.69) is 31.3 Å². The summed E-state index contributed by atoms with van der Waals surface area (Å²) >= 11 is -4.60. The number of hydrogen-bond acceptors (Lipinski definition) is 8. The van der Waals surface area contributed by atoms with E-state index < -0.39 is 14.4 Å². The van der Waals surface area contributed by atoms with Gasteiger partial charge in [-0.25, -0.2) is 0 Å². The van der Waals surface area contributed by atoms with Crippen LogP contribution in [0.25, 0.3) is 21.5 Å². The maximum atomic E-state index is 6.71. The molecule has 0 saturated heterocycles. The Labute approximate surface area is 259 Å². The summed E-state index contributed by atoms with van der Waals surface area (Å²) in [5.41, 5.74) is 4.93. The molecule has 0 saturated carbocycles. The van der Waals surface area contributed by atoms with Crippen LogP contribution in [0, 0.1) is 0 Å². The molecule has 6 aromatic rings. The molecule has 2 aromatic heterocycles. The molecule has 0 spiro atoms. The first-order valence-electron chi connectivity index (χ1n) is 14.6. The summed E-state index contributed by atoms with van der Waals surface area (Å²) in [6.07, 6.45) is 0. The van der Waals surface area contributed by atoms with Gasteiger partial charge in [0.05, 0.1) is 0 Å². The summed E-state index contributed by atoms with van der Waals surface area (Å²) in [4.78, 5) is 31.3. The van der Waals surface area contributed by atoms with Crippen LogP contribution in [0.2, 0.25) is 0 Å². The third kappa shape index (κ3) is 3.15. The van der Waals surface area contributed by atoms with E-state index in [1.54, 1.807) is 14.2 Å². The van der Waals surface area contributed by atoms with Crippen molar-refractivity contribution in [3.63, 3.8) is 0 Å². The number of hydrogen-bond donors (Lipinski definition) is 0. The van der Waals surface area contributed by atoms with Crippen molar-refractivity contribution >= 4 is 70.9 Å². The Balaban J connectivity index is 1.55. The van der Waals surface area contributed by atoms with Crippen molar-refractivity contribution < 1.29 is 7.53 Å². The van der Waals surface area contributed by atoms with Crippen molar-refractivity contribution in [1.82, 2.24) is 7.05 Å². The van der Waals surface area contributed by atoms with Gasteiger partial charge in [0.25, 0.3) is 0 Å². The SMILES string of the molecule is C[O][Ge]1([O]C)[n]2c3c4ccccc4c2N=C2N=C(N=c4c5ccccc5c([n]41)=NC1=NC(=N3)c3ccccc31)c1ccccc12. The van der Waals surface area contributed by atoms with Gasteiger partial charge >= 0.3 is 260 Å². The summed E-state index contributed by atoms with van der Waals surface area (Å²) in [5, 5.41) is 3.61. The molecule has 0 atom stereocenters. The summed E-state index contributed by atoms with van der Waals surface area (Å²) < 4.78 is 17.6. The van der Waals surface area contributed by atoms with Gasteiger partial charge in [-0.05, 0) is 0 Å². The molecule has 0 unspecified atom stereocenters. The van der Waals surface area contributed by atoms with Gasteiger partial charge in [-0.2, -0.15) is 0 Å². The normalized spacial score (nSPS) is 16.6. The predicted octanol–water partition coefficient (Wildman–Crippen LogP) is 4.66. The maximum absolute atomic E-state index is 6.71. The molecule has 6 heterocycles. The van der Waals surface area contributed by atoms with Crippen LogP contribution in [0.5, 0.6) is 0 Å². The van der Waals surface area contributed by atoms with Gasteiger partial charge in [-0.3, -0.25) is 0 Å². The standard InChI is InChI=1S/C34H22GeN8O2/c1-44-35(45-2)42-31-23-15-7-8-16-24(23)33(42)40-29-21-13-5-6-14-22(21)30(37-29)41-34-26-18-10-9-17-25(26)32(43(34)35)39-28-20-12-4-3-11-19(20)27(36-28)38-31/h3-18H,1-2H3. The van der Waals surface area contributed by atoms with Crippen molar-refractivity contribution in [2.75, 3.05) is 14.2 Å². The van der Waals surface area contributed by atoms with Gasteiger partial charge < -0.3 is 0 Å². The number of rotatable bonds is 2. The number of nitrogens with zero attached hydrogens (tertiary/aromatic N) is 8. The zero-order valence-corrected chi connectivity index (χ0v) is 26.2. The number of aromatic nitrogens is 2. The number of fused-ring (bicyclic) bond motifs is 14. The molecule has 4 aliphatic heterocycles. The Morgan fingerprint density at radius 2 is 0.778 bits per heavy atom. The van der Waals surface area contributed by atoms with Crippen molar-refractivity contribution in [1.29, 1.82) is 0 Å². The van der Waals surface area contributed by atoms with Crippen LogP contribution < -0.4 is 11.0 Å². The quantitative estimate of drug-likeness (QED) is 0.256. The zero-order valence-electron chi connectivity index (χ0n) is 24.1. The Bertz CT molecular complexity index is 2420. The first-order chi connectivity index (χ1) is 22.2. The van der Waals surface area contributed by atoms with Crippen LogP contribution in [0.3, 0.4) is 0 Å². The fourth-order valence-corrected chi connectivity index (χ4v) is 12.9. The van der Waals surface area contributed by atoms with Crippen LogP contribution in [-0.2, 0) is 7.53 Å². The molecule has 0 fully saturated rings. The molecule has 0 N–H and O–H groups in total. The molecule has 11 heteroatoms. The topological polar surface area (TPSA) is 102 Å². The van der Waals surface area contributed by atoms with E-state index in [0.717, 1.165) is 43.8 Å². The molecular formula is C34H22GeN8O2. The van der Waals surface area contributed by atoms with Crippen molar-refractivity contribution in [2.24, 2.45) is 30.0 Å². The van der Waals surface area contributed by atoms with E-state index in [-0.39, 0.29) is 0 Å². The Hall–Kier alpha value is -5.30. The van der Waals surface area contributed by atoms with E-state index >= 15 is 0 Å². The first-order valence-corrected chi connectivity index (χ1v) is 18.1. The number of amidine groups is 4. The fraction of sp³-hybridized carbons (Fsp3) is 0.0588. The molecule has 0 radical (unpaired) electrons. The van der Waals surface area contributed by atoms with Crippen LogP contribution in [0.15, 0.2) is 127 Å². The average molecular weight is 647 g/mol. The summed E-state index contributed by atoms with van der Waals surface area (Å²) in [7, 11) is 3.39. The second-order valence-corrected chi connectivity index (χ2v) is 17.0. The Morgan fingerprint density at radius 3 is 1.18 bits per heavy atom. The van der Waals surface area contributed by atoms with E-state index in [4.69, 9.17) is 37.5 Å². The molecule has 0 amide bonds. The van der Waals surface area contributed by atoms with Gasteiger partial charge in [0.15, 0.2) is 0 Å². The zero-order chi connectivity index (χ0) is 29.9.